The summed E-state index contributed by atoms with van der Waals surface area (Å²) in [6.07, 6.45) is 2.80. The van der Waals surface area contributed by atoms with Crippen molar-refractivity contribution in [2.45, 2.75) is 50.8 Å². The number of nitrogens with zero attached hydrogens (tertiary/aromatic N) is 4. The molecule has 0 aliphatic heterocycles. The van der Waals surface area contributed by atoms with Crippen LogP contribution in [0.2, 0.25) is 0 Å². The maximum absolute atomic E-state index is 12.8. The lowest BCUT2D eigenvalue weighted by atomic mass is 10.1. The minimum Gasteiger partial charge on any atom is -0.376 e. The van der Waals surface area contributed by atoms with Gasteiger partial charge in [-0.25, -0.2) is 0 Å². The molecule has 2 aromatic heterocycles. The average Bonchev–Trinajstić information content (AvgIpc) is 2.80. The van der Waals surface area contributed by atoms with Crippen LogP contribution in [0.5, 0.6) is 0 Å². The quantitative estimate of drug-likeness (QED) is 0.667. The SMILES string of the molecule is FC(F)(F)c1nnc2ccc(NCCOC3CCCCCC3)nn12. The predicted molar refractivity (Wildman–Crippen MR) is 81.7 cm³/mol. The first-order valence-corrected chi connectivity index (χ1v) is 8.19. The van der Waals surface area contributed by atoms with E-state index in [4.69, 9.17) is 4.74 Å². The molecule has 2 heterocycles. The van der Waals surface area contributed by atoms with Crippen LogP contribution in [0.15, 0.2) is 12.1 Å². The largest absolute Gasteiger partial charge is 0.453 e. The van der Waals surface area contributed by atoms with E-state index in [0.29, 0.717) is 29.6 Å². The number of ether oxygens (including phenoxy) is 1. The van der Waals surface area contributed by atoms with Crippen LogP contribution in [0, 0.1) is 0 Å². The lowest BCUT2D eigenvalue weighted by Crippen LogP contribution is -2.18. The van der Waals surface area contributed by atoms with E-state index < -0.39 is 12.0 Å². The molecule has 1 aliphatic carbocycles. The zero-order valence-electron chi connectivity index (χ0n) is 13.2. The van der Waals surface area contributed by atoms with E-state index in [1.165, 1.54) is 31.7 Å². The highest BCUT2D eigenvalue weighted by atomic mass is 19.4. The Hall–Kier alpha value is -1.90. The molecule has 132 valence electrons. The highest BCUT2D eigenvalue weighted by molar-refractivity contribution is 5.44. The second-order valence-corrected chi connectivity index (χ2v) is 5.92. The predicted octanol–water partition coefficient (Wildman–Crippen LogP) is 3.29. The van der Waals surface area contributed by atoms with Gasteiger partial charge in [-0.1, -0.05) is 25.7 Å². The molecular formula is C15H20F3N5O. The number of hydrogen-bond acceptors (Lipinski definition) is 5. The number of alkyl halides is 3. The molecule has 0 spiro atoms. The van der Waals surface area contributed by atoms with Crippen LogP contribution in [0.25, 0.3) is 5.65 Å². The zero-order valence-corrected chi connectivity index (χ0v) is 13.2. The Bertz CT molecular complexity index is 665. The first-order chi connectivity index (χ1) is 11.5. The maximum atomic E-state index is 12.8. The van der Waals surface area contributed by atoms with E-state index in [0.717, 1.165) is 12.8 Å². The molecule has 0 radical (unpaired) electrons. The number of fused-ring (bicyclic) bond motifs is 1. The molecule has 0 unspecified atom stereocenters. The Labute approximate surface area is 137 Å². The summed E-state index contributed by atoms with van der Waals surface area (Å²) in [5, 5.41) is 13.5. The van der Waals surface area contributed by atoms with Crippen LogP contribution < -0.4 is 5.32 Å². The highest BCUT2D eigenvalue weighted by Gasteiger charge is 2.37. The number of hydrogen-bond donors (Lipinski definition) is 1. The minimum atomic E-state index is -4.59. The highest BCUT2D eigenvalue weighted by Crippen LogP contribution is 2.27. The molecule has 3 rings (SSSR count). The summed E-state index contributed by atoms with van der Waals surface area (Å²) in [7, 11) is 0. The monoisotopic (exact) mass is 343 g/mol. The van der Waals surface area contributed by atoms with Gasteiger partial charge in [-0.3, -0.25) is 0 Å². The van der Waals surface area contributed by atoms with Gasteiger partial charge in [0.25, 0.3) is 5.82 Å². The Morgan fingerprint density at radius 1 is 1.12 bits per heavy atom. The third-order valence-corrected chi connectivity index (χ3v) is 4.08. The van der Waals surface area contributed by atoms with Crippen LogP contribution >= 0.6 is 0 Å². The van der Waals surface area contributed by atoms with Gasteiger partial charge < -0.3 is 10.1 Å². The summed E-state index contributed by atoms with van der Waals surface area (Å²) >= 11 is 0. The van der Waals surface area contributed by atoms with Crippen molar-refractivity contribution in [2.24, 2.45) is 0 Å². The number of rotatable bonds is 5. The molecule has 0 aromatic carbocycles. The van der Waals surface area contributed by atoms with E-state index in [1.54, 1.807) is 6.07 Å². The van der Waals surface area contributed by atoms with E-state index in [9.17, 15) is 13.2 Å². The summed E-state index contributed by atoms with van der Waals surface area (Å²) in [5.74, 6) is -0.798. The summed E-state index contributed by atoms with van der Waals surface area (Å²) in [6, 6.07) is 3.03. The van der Waals surface area contributed by atoms with Crippen molar-refractivity contribution in [3.8, 4) is 0 Å². The number of halogens is 3. The van der Waals surface area contributed by atoms with Gasteiger partial charge in [0, 0.05) is 6.54 Å². The van der Waals surface area contributed by atoms with Gasteiger partial charge in [-0.15, -0.1) is 15.3 Å². The second kappa shape index (κ2) is 7.33. The number of anilines is 1. The van der Waals surface area contributed by atoms with Gasteiger partial charge in [0.15, 0.2) is 5.65 Å². The lowest BCUT2D eigenvalue weighted by molar-refractivity contribution is -0.146. The number of nitrogens with one attached hydrogen (secondary N) is 1. The van der Waals surface area contributed by atoms with E-state index in [1.807, 2.05) is 0 Å². The maximum Gasteiger partial charge on any atom is 0.453 e. The van der Waals surface area contributed by atoms with Crippen molar-refractivity contribution < 1.29 is 17.9 Å². The Morgan fingerprint density at radius 3 is 2.58 bits per heavy atom. The smallest absolute Gasteiger partial charge is 0.376 e. The van der Waals surface area contributed by atoms with Crippen molar-refractivity contribution >= 4 is 11.5 Å². The minimum absolute atomic E-state index is 0.0579. The van der Waals surface area contributed by atoms with Gasteiger partial charge in [0.2, 0.25) is 0 Å². The van der Waals surface area contributed by atoms with Gasteiger partial charge in [0.1, 0.15) is 5.82 Å². The summed E-state index contributed by atoms with van der Waals surface area (Å²) < 4.78 is 45.0. The van der Waals surface area contributed by atoms with Crippen molar-refractivity contribution in [1.82, 2.24) is 19.8 Å². The van der Waals surface area contributed by atoms with Crippen molar-refractivity contribution in [3.05, 3.63) is 18.0 Å². The van der Waals surface area contributed by atoms with E-state index in [-0.39, 0.29) is 5.65 Å². The van der Waals surface area contributed by atoms with Crippen molar-refractivity contribution in [1.29, 1.82) is 0 Å². The van der Waals surface area contributed by atoms with Crippen LogP contribution in [0.1, 0.15) is 44.3 Å². The van der Waals surface area contributed by atoms with Crippen LogP contribution in [0.3, 0.4) is 0 Å². The van der Waals surface area contributed by atoms with Gasteiger partial charge >= 0.3 is 6.18 Å². The molecule has 6 nitrogen and oxygen atoms in total. The molecule has 1 aliphatic rings. The fraction of sp³-hybridized carbons (Fsp3) is 0.667. The first-order valence-electron chi connectivity index (χ1n) is 8.19. The van der Waals surface area contributed by atoms with Crippen LogP contribution in [0.4, 0.5) is 19.0 Å². The van der Waals surface area contributed by atoms with Gasteiger partial charge in [-0.2, -0.15) is 17.7 Å². The topological polar surface area (TPSA) is 64.3 Å². The molecule has 0 atom stereocenters. The average molecular weight is 343 g/mol. The van der Waals surface area contributed by atoms with Crippen molar-refractivity contribution in [2.75, 3.05) is 18.5 Å². The van der Waals surface area contributed by atoms with Crippen LogP contribution in [-0.2, 0) is 10.9 Å². The van der Waals surface area contributed by atoms with Gasteiger partial charge in [0.05, 0.1) is 12.7 Å². The molecule has 9 heteroatoms. The third-order valence-electron chi connectivity index (χ3n) is 4.08. The summed E-state index contributed by atoms with van der Waals surface area (Å²) in [4.78, 5) is 0. The molecule has 0 bridgehead atoms. The number of aromatic nitrogens is 4. The molecule has 24 heavy (non-hydrogen) atoms. The van der Waals surface area contributed by atoms with Gasteiger partial charge in [-0.05, 0) is 25.0 Å². The summed E-state index contributed by atoms with van der Waals surface area (Å²) in [5.41, 5.74) is 0.0579. The Balaban J connectivity index is 1.55. The molecule has 1 N–H and O–H groups in total. The third kappa shape index (κ3) is 4.14. The Morgan fingerprint density at radius 2 is 1.88 bits per heavy atom. The normalized spacial score (nSPS) is 17.1. The lowest BCUT2D eigenvalue weighted by Gasteiger charge is -2.15. The first kappa shape index (κ1) is 16.9. The standard InChI is InChI=1S/C15H20F3N5O/c16-15(17,18)14-21-20-13-8-7-12(22-23(13)14)19-9-10-24-11-5-3-1-2-4-6-11/h7-8,11H,1-6,9-10H2,(H,19,22). The molecular weight excluding hydrogens is 323 g/mol. The fourth-order valence-corrected chi connectivity index (χ4v) is 2.87. The molecule has 1 fully saturated rings. The molecule has 0 saturated heterocycles. The molecule has 2 aromatic rings. The molecule has 1 saturated carbocycles. The molecule has 0 amide bonds. The summed E-state index contributed by atoms with van der Waals surface area (Å²) in [6.45, 7) is 0.983. The van der Waals surface area contributed by atoms with E-state index >= 15 is 0 Å². The Kier molecular flexibility index (Phi) is 5.17. The van der Waals surface area contributed by atoms with E-state index in [2.05, 4.69) is 20.6 Å². The zero-order chi connectivity index (χ0) is 17.0. The van der Waals surface area contributed by atoms with Crippen LogP contribution in [-0.4, -0.2) is 39.1 Å². The van der Waals surface area contributed by atoms with Crippen molar-refractivity contribution in [3.63, 3.8) is 0 Å². The fourth-order valence-electron chi connectivity index (χ4n) is 2.87. The second-order valence-electron chi connectivity index (χ2n) is 5.92.